The summed E-state index contributed by atoms with van der Waals surface area (Å²) in [6, 6.07) is 0. The second-order valence-corrected chi connectivity index (χ2v) is 8.59. The van der Waals surface area contributed by atoms with Crippen molar-refractivity contribution in [2.45, 2.75) is 117 Å². The predicted molar refractivity (Wildman–Crippen MR) is 113 cm³/mol. The highest BCUT2D eigenvalue weighted by atomic mass is 35.5. The number of nitrogens with zero attached hydrogens (tertiary/aromatic N) is 1. The van der Waals surface area contributed by atoms with Crippen molar-refractivity contribution in [3.05, 3.63) is 0 Å². The molecule has 160 valence electrons. The van der Waals surface area contributed by atoms with Gasteiger partial charge in [0, 0.05) is 0 Å². The van der Waals surface area contributed by atoms with Crippen molar-refractivity contribution < 1.29 is 21.6 Å². The minimum Gasteiger partial charge on any atom is -1.00 e. The van der Waals surface area contributed by atoms with Gasteiger partial charge in [0.25, 0.3) is 0 Å². The highest BCUT2D eigenvalue weighted by Crippen LogP contribution is 2.13. The summed E-state index contributed by atoms with van der Waals surface area (Å²) in [5.41, 5.74) is 0. The van der Waals surface area contributed by atoms with Gasteiger partial charge in [-0.25, -0.2) is 0 Å². The molecule has 0 spiro atoms. The molecule has 0 heterocycles. The average Bonchev–Trinajstić information content (AvgIpc) is 2.60. The van der Waals surface area contributed by atoms with Gasteiger partial charge in [-0.3, -0.25) is 0 Å². The number of unbranched alkanes of at least 4 members (excludes halogenated alkanes) is 15. The quantitative estimate of drug-likeness (QED) is 0.170. The third-order valence-electron chi connectivity index (χ3n) is 5.44. The normalized spacial score (nSPS) is 11.5. The van der Waals surface area contributed by atoms with Crippen LogP contribution in [0.5, 0.6) is 0 Å². The minimum atomic E-state index is 0. The second-order valence-electron chi connectivity index (χ2n) is 8.59. The molecule has 0 aromatic rings. The van der Waals surface area contributed by atoms with Crippen LogP contribution in [0.15, 0.2) is 0 Å². The third kappa shape index (κ3) is 22.3. The Hall–Kier alpha value is 0.210. The van der Waals surface area contributed by atoms with Crippen LogP contribution < -0.4 is 12.4 Å². The van der Waals surface area contributed by atoms with Gasteiger partial charge in [0.2, 0.25) is 0 Å². The number of rotatable bonds is 20. The Morgan fingerprint density at radius 3 is 1.23 bits per heavy atom. The highest BCUT2D eigenvalue weighted by Gasteiger charge is 2.10. The monoisotopic (exact) mass is 391 g/mol. The van der Waals surface area contributed by atoms with Crippen molar-refractivity contribution in [2.24, 2.45) is 0 Å². The van der Waals surface area contributed by atoms with Crippen LogP contribution in [-0.4, -0.2) is 38.5 Å². The molecule has 0 fully saturated rings. The van der Waals surface area contributed by atoms with E-state index in [4.69, 9.17) is 4.74 Å². The topological polar surface area (TPSA) is 9.23 Å². The second kappa shape index (κ2) is 21.5. The van der Waals surface area contributed by atoms with Crippen LogP contribution >= 0.6 is 0 Å². The van der Waals surface area contributed by atoms with Gasteiger partial charge in [0.15, 0.2) is 6.73 Å². The van der Waals surface area contributed by atoms with Gasteiger partial charge in [-0.05, 0) is 13.3 Å². The van der Waals surface area contributed by atoms with Crippen LogP contribution in [-0.2, 0) is 4.74 Å². The van der Waals surface area contributed by atoms with Crippen LogP contribution in [0.4, 0.5) is 0 Å². The Kier molecular flexibility index (Phi) is 23.5. The Morgan fingerprint density at radius 1 is 0.538 bits per heavy atom. The largest absolute Gasteiger partial charge is 1.00 e. The lowest BCUT2D eigenvalue weighted by Crippen LogP contribution is -3.00. The zero-order valence-corrected chi connectivity index (χ0v) is 19.4. The average molecular weight is 392 g/mol. The van der Waals surface area contributed by atoms with Crippen LogP contribution in [0.2, 0.25) is 0 Å². The number of halogens is 1. The molecule has 0 aromatic carbocycles. The first-order valence-electron chi connectivity index (χ1n) is 11.5. The SMILES string of the molecule is CCCCCCCCCCCCCCCCCCOC[N+](C)(C)CC.[Cl-]. The molecule has 0 aliphatic heterocycles. The fourth-order valence-electron chi connectivity index (χ4n) is 3.16. The summed E-state index contributed by atoms with van der Waals surface area (Å²) in [7, 11) is 4.46. The zero-order valence-electron chi connectivity index (χ0n) is 18.7. The maximum absolute atomic E-state index is 5.78. The lowest BCUT2D eigenvalue weighted by atomic mass is 10.0. The highest BCUT2D eigenvalue weighted by molar-refractivity contribution is 4.49. The minimum absolute atomic E-state index is 0. The molecule has 0 saturated carbocycles. The molecule has 0 unspecified atom stereocenters. The molecule has 0 saturated heterocycles. The summed E-state index contributed by atoms with van der Waals surface area (Å²) in [6.45, 7) is 7.45. The van der Waals surface area contributed by atoms with Gasteiger partial charge >= 0.3 is 0 Å². The lowest BCUT2D eigenvalue weighted by molar-refractivity contribution is -0.908. The maximum Gasteiger partial charge on any atom is 0.182 e. The van der Waals surface area contributed by atoms with Crippen LogP contribution in [0, 0.1) is 0 Å². The Balaban J connectivity index is 0. The Bertz CT molecular complexity index is 259. The van der Waals surface area contributed by atoms with E-state index in [2.05, 4.69) is 27.9 Å². The van der Waals surface area contributed by atoms with E-state index in [1.165, 1.54) is 103 Å². The van der Waals surface area contributed by atoms with E-state index >= 15 is 0 Å². The van der Waals surface area contributed by atoms with Crippen LogP contribution in [0.3, 0.4) is 0 Å². The fourth-order valence-corrected chi connectivity index (χ4v) is 3.16. The molecule has 0 aliphatic carbocycles. The van der Waals surface area contributed by atoms with Gasteiger partial charge in [0.1, 0.15) is 0 Å². The molecule has 0 amide bonds. The summed E-state index contributed by atoms with van der Waals surface area (Å²) in [5.74, 6) is 0. The summed E-state index contributed by atoms with van der Waals surface area (Å²) in [4.78, 5) is 0. The van der Waals surface area contributed by atoms with E-state index in [9.17, 15) is 0 Å². The van der Waals surface area contributed by atoms with E-state index < -0.39 is 0 Å². The van der Waals surface area contributed by atoms with E-state index in [0.717, 1.165) is 24.4 Å². The van der Waals surface area contributed by atoms with Gasteiger partial charge in [0.05, 0.1) is 27.2 Å². The molecule has 0 aromatic heterocycles. The van der Waals surface area contributed by atoms with Crippen molar-refractivity contribution in [1.82, 2.24) is 0 Å². The molecule has 0 radical (unpaired) electrons. The Morgan fingerprint density at radius 2 is 0.885 bits per heavy atom. The molecule has 0 rings (SSSR count). The van der Waals surface area contributed by atoms with Crippen molar-refractivity contribution in [3.63, 3.8) is 0 Å². The fraction of sp³-hybridized carbons (Fsp3) is 1.00. The zero-order chi connectivity index (χ0) is 18.6. The maximum atomic E-state index is 5.78. The van der Waals surface area contributed by atoms with E-state index in [1.54, 1.807) is 0 Å². The van der Waals surface area contributed by atoms with E-state index in [1.807, 2.05) is 0 Å². The summed E-state index contributed by atoms with van der Waals surface area (Å²) < 4.78 is 6.75. The molecule has 26 heavy (non-hydrogen) atoms. The lowest BCUT2D eigenvalue weighted by Gasteiger charge is -2.27. The van der Waals surface area contributed by atoms with Crippen LogP contribution in [0.25, 0.3) is 0 Å². The molecule has 0 aliphatic rings. The number of hydrogen-bond donors (Lipinski definition) is 0. The number of hydrogen-bond acceptors (Lipinski definition) is 1. The summed E-state index contributed by atoms with van der Waals surface area (Å²) >= 11 is 0. The third-order valence-corrected chi connectivity index (χ3v) is 5.44. The van der Waals surface area contributed by atoms with Crippen molar-refractivity contribution in [3.8, 4) is 0 Å². The van der Waals surface area contributed by atoms with E-state index in [0.29, 0.717) is 0 Å². The summed E-state index contributed by atoms with van der Waals surface area (Å²) in [5, 5.41) is 0. The van der Waals surface area contributed by atoms with Gasteiger partial charge in [-0.15, -0.1) is 0 Å². The van der Waals surface area contributed by atoms with Crippen molar-refractivity contribution >= 4 is 0 Å². The van der Waals surface area contributed by atoms with E-state index in [-0.39, 0.29) is 12.4 Å². The number of quaternary nitrogens is 1. The number of ether oxygens (including phenoxy) is 1. The van der Waals surface area contributed by atoms with Crippen molar-refractivity contribution in [1.29, 1.82) is 0 Å². The molecule has 0 N–H and O–H groups in total. The smallest absolute Gasteiger partial charge is 0.182 e. The molecule has 0 atom stereocenters. The Labute approximate surface area is 172 Å². The van der Waals surface area contributed by atoms with Crippen molar-refractivity contribution in [2.75, 3.05) is 34.0 Å². The predicted octanol–water partition coefficient (Wildman–Crippen LogP) is 4.32. The first kappa shape index (κ1) is 28.4. The molecular formula is C23H50ClNO. The first-order valence-corrected chi connectivity index (χ1v) is 11.5. The van der Waals surface area contributed by atoms with Gasteiger partial charge < -0.3 is 21.6 Å². The summed E-state index contributed by atoms with van der Waals surface area (Å²) in [6.07, 6.45) is 22.8. The van der Waals surface area contributed by atoms with Gasteiger partial charge in [-0.2, -0.15) is 0 Å². The molecular weight excluding hydrogens is 342 g/mol. The van der Waals surface area contributed by atoms with Gasteiger partial charge in [-0.1, -0.05) is 103 Å². The standard InChI is InChI=1S/C23H50NO.ClH/c1-5-7-8-9-10-11-12-13-14-15-16-17-18-19-20-21-22-25-23-24(3,4)6-2;/h5-23H2,1-4H3;1H/q+1;/p-1. The first-order chi connectivity index (χ1) is 12.1. The molecule has 2 nitrogen and oxygen atoms in total. The van der Waals surface area contributed by atoms with Crippen LogP contribution in [0.1, 0.15) is 117 Å². The molecule has 0 bridgehead atoms. The molecule has 3 heteroatoms.